The minimum absolute atomic E-state index is 0.0424. The number of aldehydes is 1. The summed E-state index contributed by atoms with van der Waals surface area (Å²) in [5.41, 5.74) is 0.501. The standard InChI is InChI=1S/C10H8BrFO2/c11-3-1-2-7-4-8(6-13)10(14)9(12)5-7/h1-2,4-6,14H,3H2. The van der Waals surface area contributed by atoms with E-state index in [9.17, 15) is 9.18 Å². The first kappa shape index (κ1) is 10.9. The lowest BCUT2D eigenvalue weighted by Gasteiger charge is -2.00. The van der Waals surface area contributed by atoms with Crippen LogP contribution in [0.15, 0.2) is 18.2 Å². The normalized spacial score (nSPS) is 10.7. The summed E-state index contributed by atoms with van der Waals surface area (Å²) in [4.78, 5) is 10.4. The molecule has 0 spiro atoms. The zero-order valence-electron chi connectivity index (χ0n) is 7.21. The van der Waals surface area contributed by atoms with E-state index in [0.29, 0.717) is 17.2 Å². The van der Waals surface area contributed by atoms with E-state index in [1.54, 1.807) is 12.2 Å². The summed E-state index contributed by atoms with van der Waals surface area (Å²) in [6.07, 6.45) is 3.84. The van der Waals surface area contributed by atoms with Crippen molar-refractivity contribution in [3.8, 4) is 5.75 Å². The van der Waals surface area contributed by atoms with Crippen LogP contribution in [0.3, 0.4) is 0 Å². The first-order chi connectivity index (χ1) is 6.69. The van der Waals surface area contributed by atoms with E-state index < -0.39 is 11.6 Å². The fourth-order valence-corrected chi connectivity index (χ4v) is 1.20. The van der Waals surface area contributed by atoms with Crippen LogP contribution in [0.5, 0.6) is 5.75 Å². The Kier molecular flexibility index (Phi) is 3.83. The van der Waals surface area contributed by atoms with E-state index in [1.807, 2.05) is 0 Å². The molecule has 1 aromatic rings. The molecule has 2 nitrogen and oxygen atoms in total. The van der Waals surface area contributed by atoms with E-state index in [-0.39, 0.29) is 5.56 Å². The van der Waals surface area contributed by atoms with Crippen LogP contribution in [-0.4, -0.2) is 16.7 Å². The Hall–Kier alpha value is -1.16. The third-order valence-electron chi connectivity index (χ3n) is 1.64. The highest BCUT2D eigenvalue weighted by atomic mass is 79.9. The van der Waals surface area contributed by atoms with E-state index in [1.165, 1.54) is 12.1 Å². The molecule has 1 aromatic carbocycles. The van der Waals surface area contributed by atoms with Gasteiger partial charge in [0.2, 0.25) is 0 Å². The van der Waals surface area contributed by atoms with Crippen molar-refractivity contribution in [3.63, 3.8) is 0 Å². The van der Waals surface area contributed by atoms with Crippen molar-refractivity contribution in [3.05, 3.63) is 35.2 Å². The topological polar surface area (TPSA) is 37.3 Å². The predicted octanol–water partition coefficient (Wildman–Crippen LogP) is 2.75. The molecule has 0 atom stereocenters. The van der Waals surface area contributed by atoms with Gasteiger partial charge in [-0.05, 0) is 17.7 Å². The summed E-state index contributed by atoms with van der Waals surface area (Å²) in [6.45, 7) is 0. The number of allylic oxidation sites excluding steroid dienone is 1. The van der Waals surface area contributed by atoms with E-state index in [4.69, 9.17) is 5.11 Å². The first-order valence-electron chi connectivity index (χ1n) is 3.89. The number of alkyl halides is 1. The number of carbonyl (C=O) groups excluding carboxylic acids is 1. The number of carbonyl (C=O) groups is 1. The quantitative estimate of drug-likeness (QED) is 0.669. The third-order valence-corrected chi connectivity index (χ3v) is 2.02. The molecule has 0 aliphatic carbocycles. The molecule has 0 fully saturated rings. The molecule has 0 amide bonds. The molecule has 0 saturated carbocycles. The average Bonchev–Trinajstić information content (AvgIpc) is 2.19. The largest absolute Gasteiger partial charge is 0.504 e. The summed E-state index contributed by atoms with van der Waals surface area (Å²) in [6, 6.07) is 2.59. The minimum Gasteiger partial charge on any atom is -0.504 e. The van der Waals surface area contributed by atoms with Crippen molar-refractivity contribution in [2.24, 2.45) is 0 Å². The lowest BCUT2D eigenvalue weighted by atomic mass is 10.1. The number of benzene rings is 1. The van der Waals surface area contributed by atoms with Gasteiger partial charge in [0.1, 0.15) is 0 Å². The van der Waals surface area contributed by atoms with Crippen LogP contribution in [0.25, 0.3) is 6.08 Å². The van der Waals surface area contributed by atoms with Gasteiger partial charge in [-0.25, -0.2) is 4.39 Å². The number of phenols is 1. The Morgan fingerprint density at radius 3 is 2.79 bits per heavy atom. The van der Waals surface area contributed by atoms with Gasteiger partial charge < -0.3 is 5.11 Å². The van der Waals surface area contributed by atoms with E-state index in [2.05, 4.69) is 15.9 Å². The van der Waals surface area contributed by atoms with Gasteiger partial charge >= 0.3 is 0 Å². The highest BCUT2D eigenvalue weighted by molar-refractivity contribution is 9.09. The maximum atomic E-state index is 13.0. The zero-order chi connectivity index (χ0) is 10.6. The second-order valence-electron chi connectivity index (χ2n) is 2.62. The summed E-state index contributed by atoms with van der Waals surface area (Å²) >= 11 is 3.18. The van der Waals surface area contributed by atoms with Gasteiger partial charge in [0, 0.05) is 5.33 Å². The van der Waals surface area contributed by atoms with Gasteiger partial charge in [0.05, 0.1) is 5.56 Å². The highest BCUT2D eigenvalue weighted by Crippen LogP contribution is 2.22. The van der Waals surface area contributed by atoms with Gasteiger partial charge in [0.25, 0.3) is 0 Å². The highest BCUT2D eigenvalue weighted by Gasteiger charge is 2.07. The summed E-state index contributed by atoms with van der Waals surface area (Å²) in [5, 5.41) is 9.75. The Morgan fingerprint density at radius 1 is 1.50 bits per heavy atom. The molecule has 4 heteroatoms. The maximum Gasteiger partial charge on any atom is 0.166 e. The molecule has 0 bridgehead atoms. The number of rotatable bonds is 3. The minimum atomic E-state index is -0.788. The fraction of sp³-hybridized carbons (Fsp3) is 0.100. The second kappa shape index (κ2) is 4.91. The van der Waals surface area contributed by atoms with Crippen molar-refractivity contribution in [1.82, 2.24) is 0 Å². The molecule has 1 rings (SSSR count). The molecule has 0 unspecified atom stereocenters. The number of hydrogen-bond acceptors (Lipinski definition) is 2. The predicted molar refractivity (Wildman–Crippen MR) is 56.3 cm³/mol. The molecular formula is C10H8BrFO2. The lowest BCUT2D eigenvalue weighted by molar-refractivity contribution is 0.112. The van der Waals surface area contributed by atoms with Crippen molar-refractivity contribution < 1.29 is 14.3 Å². The average molecular weight is 259 g/mol. The SMILES string of the molecule is O=Cc1cc(C=CCBr)cc(F)c1O. The van der Waals surface area contributed by atoms with Crippen molar-refractivity contribution >= 4 is 28.3 Å². The van der Waals surface area contributed by atoms with Gasteiger partial charge in [-0.15, -0.1) is 0 Å². The smallest absolute Gasteiger partial charge is 0.166 e. The molecule has 0 saturated heterocycles. The monoisotopic (exact) mass is 258 g/mol. The lowest BCUT2D eigenvalue weighted by Crippen LogP contribution is -1.87. The van der Waals surface area contributed by atoms with E-state index in [0.717, 1.165) is 0 Å². The van der Waals surface area contributed by atoms with Gasteiger partial charge in [-0.3, -0.25) is 4.79 Å². The fourth-order valence-electron chi connectivity index (χ4n) is 1.01. The molecule has 0 aliphatic heterocycles. The van der Waals surface area contributed by atoms with Crippen LogP contribution in [-0.2, 0) is 0 Å². The molecule has 0 aromatic heterocycles. The van der Waals surface area contributed by atoms with Crippen LogP contribution in [0.1, 0.15) is 15.9 Å². The number of aromatic hydroxyl groups is 1. The second-order valence-corrected chi connectivity index (χ2v) is 3.26. The summed E-state index contributed by atoms with van der Waals surface area (Å²) in [5.74, 6) is -1.39. The molecule has 14 heavy (non-hydrogen) atoms. The van der Waals surface area contributed by atoms with Crippen LogP contribution in [0.2, 0.25) is 0 Å². The van der Waals surface area contributed by atoms with Gasteiger partial charge in [0.15, 0.2) is 17.9 Å². The van der Waals surface area contributed by atoms with Gasteiger partial charge in [-0.1, -0.05) is 28.1 Å². The van der Waals surface area contributed by atoms with Crippen LogP contribution >= 0.6 is 15.9 Å². The zero-order valence-corrected chi connectivity index (χ0v) is 8.79. The molecule has 0 radical (unpaired) electrons. The van der Waals surface area contributed by atoms with Crippen molar-refractivity contribution in [2.75, 3.05) is 5.33 Å². The molecule has 1 N–H and O–H groups in total. The molecule has 0 aliphatic rings. The van der Waals surface area contributed by atoms with Crippen LogP contribution < -0.4 is 0 Å². The Labute approximate surface area is 89.2 Å². The first-order valence-corrected chi connectivity index (χ1v) is 5.01. The van der Waals surface area contributed by atoms with Crippen LogP contribution in [0, 0.1) is 5.82 Å². The van der Waals surface area contributed by atoms with Gasteiger partial charge in [-0.2, -0.15) is 0 Å². The molecule has 74 valence electrons. The van der Waals surface area contributed by atoms with Crippen molar-refractivity contribution in [1.29, 1.82) is 0 Å². The third kappa shape index (κ3) is 2.42. The summed E-state index contributed by atoms with van der Waals surface area (Å²) < 4.78 is 13.0. The van der Waals surface area contributed by atoms with Crippen LogP contribution in [0.4, 0.5) is 4.39 Å². The Morgan fingerprint density at radius 2 is 2.21 bits per heavy atom. The van der Waals surface area contributed by atoms with Crippen molar-refractivity contribution in [2.45, 2.75) is 0 Å². The number of phenolic OH excluding ortho intramolecular Hbond substituents is 1. The maximum absolute atomic E-state index is 13.0. The summed E-state index contributed by atoms with van der Waals surface area (Å²) in [7, 11) is 0. The Balaban J connectivity index is 3.16. The molecular weight excluding hydrogens is 251 g/mol. The number of halogens is 2. The molecule has 0 heterocycles. The number of hydrogen-bond donors (Lipinski definition) is 1. The van der Waals surface area contributed by atoms with E-state index >= 15 is 0 Å². The Bertz CT molecular complexity index is 375.